The summed E-state index contributed by atoms with van der Waals surface area (Å²) in [6.07, 6.45) is 6.01. The molecule has 0 amide bonds. The first-order chi connectivity index (χ1) is 11.6. The molecule has 0 saturated carbocycles. The summed E-state index contributed by atoms with van der Waals surface area (Å²) in [5, 5.41) is 12.4. The molecule has 2 N–H and O–H groups in total. The van der Waals surface area contributed by atoms with Crippen LogP contribution < -0.4 is 10.6 Å². The summed E-state index contributed by atoms with van der Waals surface area (Å²) in [4.78, 5) is 0. The first-order valence-electron chi connectivity index (χ1n) is 7.73. The molecule has 0 spiro atoms. The van der Waals surface area contributed by atoms with Gasteiger partial charge in [-0.25, -0.2) is 0 Å². The van der Waals surface area contributed by atoms with E-state index in [1.807, 2.05) is 24.4 Å². The Kier molecular flexibility index (Phi) is 5.94. The lowest BCUT2D eigenvalue weighted by Crippen LogP contribution is -2.34. The third kappa shape index (κ3) is 4.60. The number of hydrogen-bond acceptors (Lipinski definition) is 3. The first kappa shape index (κ1) is 17.5. The number of nitrogens with one attached hydrogen (secondary N) is 2. The molecule has 128 valence electrons. The number of aromatic nitrogens is 2. The number of ether oxygens (including phenoxy) is 1. The highest BCUT2D eigenvalue weighted by Crippen LogP contribution is 2.25. The monoisotopic (exact) mass is 384 g/mol. The normalized spacial score (nSPS) is 17.0. The summed E-state index contributed by atoms with van der Waals surface area (Å²) in [5.41, 5.74) is 1.65. The Labute approximate surface area is 156 Å². The van der Waals surface area contributed by atoms with Gasteiger partial charge in [0.2, 0.25) is 0 Å². The minimum atomic E-state index is 0.245. The molecule has 3 rings (SSSR count). The van der Waals surface area contributed by atoms with Crippen LogP contribution in [0.15, 0.2) is 30.6 Å². The molecule has 0 radical (unpaired) electrons. The first-order valence-corrected chi connectivity index (χ1v) is 8.90. The maximum absolute atomic E-state index is 6.19. The minimum Gasteiger partial charge on any atom is -0.376 e. The predicted molar refractivity (Wildman–Crippen MR) is 101 cm³/mol. The van der Waals surface area contributed by atoms with E-state index in [9.17, 15) is 0 Å². The highest BCUT2D eigenvalue weighted by Gasteiger charge is 2.15. The molecule has 1 unspecified atom stereocenters. The molecule has 1 fully saturated rings. The van der Waals surface area contributed by atoms with E-state index in [4.69, 9.17) is 40.2 Å². The molecule has 5 nitrogen and oxygen atoms in total. The molecular weight excluding hydrogens is 367 g/mol. The zero-order chi connectivity index (χ0) is 16.9. The van der Waals surface area contributed by atoms with E-state index in [0.717, 1.165) is 37.2 Å². The third-order valence-corrected chi connectivity index (χ3v) is 4.74. The van der Waals surface area contributed by atoms with Crippen LogP contribution in [0.25, 0.3) is 0 Å². The highest BCUT2D eigenvalue weighted by molar-refractivity contribution is 7.80. The van der Waals surface area contributed by atoms with Crippen LogP contribution in [0.3, 0.4) is 0 Å². The molecule has 0 bridgehead atoms. The zero-order valence-electron chi connectivity index (χ0n) is 13.0. The molecule has 1 atom stereocenters. The van der Waals surface area contributed by atoms with Gasteiger partial charge >= 0.3 is 0 Å². The second-order valence-corrected chi connectivity index (χ2v) is 6.82. The molecule has 1 saturated heterocycles. The number of anilines is 1. The van der Waals surface area contributed by atoms with Crippen LogP contribution in [-0.2, 0) is 11.3 Å². The number of hydrogen-bond donors (Lipinski definition) is 2. The van der Waals surface area contributed by atoms with Gasteiger partial charge in [0.1, 0.15) is 0 Å². The fraction of sp³-hybridized carbons (Fsp3) is 0.375. The SMILES string of the molecule is S=C(NCC1CCCO1)Nc1cnn(Cc2c(Cl)cccc2Cl)c1. The molecule has 24 heavy (non-hydrogen) atoms. The van der Waals surface area contributed by atoms with Gasteiger partial charge in [-0.2, -0.15) is 5.10 Å². The molecule has 8 heteroatoms. The molecule has 2 aromatic rings. The number of thiocarbonyl (C=S) groups is 1. The smallest absolute Gasteiger partial charge is 0.170 e. The van der Waals surface area contributed by atoms with Crippen LogP contribution in [-0.4, -0.2) is 34.1 Å². The van der Waals surface area contributed by atoms with Crippen LogP contribution >= 0.6 is 35.4 Å². The van der Waals surface area contributed by atoms with Gasteiger partial charge in [0.15, 0.2) is 5.11 Å². The van der Waals surface area contributed by atoms with Crippen molar-refractivity contribution in [2.45, 2.75) is 25.5 Å². The molecule has 1 aliphatic heterocycles. The Morgan fingerprint density at radius 3 is 2.88 bits per heavy atom. The van der Waals surface area contributed by atoms with Gasteiger partial charge in [0.25, 0.3) is 0 Å². The van der Waals surface area contributed by atoms with E-state index in [0.29, 0.717) is 21.7 Å². The van der Waals surface area contributed by atoms with Crippen molar-refractivity contribution < 1.29 is 4.74 Å². The van der Waals surface area contributed by atoms with Crippen molar-refractivity contribution in [2.24, 2.45) is 0 Å². The topological polar surface area (TPSA) is 51.1 Å². The lowest BCUT2D eigenvalue weighted by Gasteiger charge is -2.13. The summed E-state index contributed by atoms with van der Waals surface area (Å²) < 4.78 is 7.32. The largest absolute Gasteiger partial charge is 0.376 e. The summed E-state index contributed by atoms with van der Waals surface area (Å²) in [6.45, 7) is 2.05. The van der Waals surface area contributed by atoms with Crippen LogP contribution in [0, 0.1) is 0 Å². The Morgan fingerprint density at radius 2 is 2.17 bits per heavy atom. The van der Waals surface area contributed by atoms with Crippen LogP contribution in [0.1, 0.15) is 18.4 Å². The van der Waals surface area contributed by atoms with Gasteiger partial charge in [-0.3, -0.25) is 4.68 Å². The molecular formula is C16H18Cl2N4OS. The molecule has 2 heterocycles. The Bertz CT molecular complexity index is 696. The summed E-state index contributed by atoms with van der Waals surface area (Å²) in [6, 6.07) is 5.45. The van der Waals surface area contributed by atoms with Crippen molar-refractivity contribution in [3.05, 3.63) is 46.2 Å². The summed E-state index contributed by atoms with van der Waals surface area (Å²) in [7, 11) is 0. The fourth-order valence-corrected chi connectivity index (χ4v) is 3.27. The lowest BCUT2D eigenvalue weighted by molar-refractivity contribution is 0.114. The molecule has 0 aliphatic carbocycles. The van der Waals surface area contributed by atoms with Crippen LogP contribution in [0.2, 0.25) is 10.0 Å². The quantitative estimate of drug-likeness (QED) is 0.769. The molecule has 1 aromatic carbocycles. The van der Waals surface area contributed by atoms with E-state index < -0.39 is 0 Å². The Morgan fingerprint density at radius 1 is 1.38 bits per heavy atom. The predicted octanol–water partition coefficient (Wildman–Crippen LogP) is 3.70. The number of rotatable bonds is 5. The van der Waals surface area contributed by atoms with Crippen molar-refractivity contribution in [3.63, 3.8) is 0 Å². The second-order valence-electron chi connectivity index (χ2n) is 5.60. The number of halogens is 2. The highest BCUT2D eigenvalue weighted by atomic mass is 35.5. The minimum absolute atomic E-state index is 0.245. The van der Waals surface area contributed by atoms with Gasteiger partial charge in [-0.05, 0) is 37.2 Å². The molecule has 1 aromatic heterocycles. The van der Waals surface area contributed by atoms with E-state index in [1.165, 1.54) is 0 Å². The average molecular weight is 385 g/mol. The summed E-state index contributed by atoms with van der Waals surface area (Å²) in [5.74, 6) is 0. The second kappa shape index (κ2) is 8.16. The van der Waals surface area contributed by atoms with Crippen molar-refractivity contribution in [3.8, 4) is 0 Å². The van der Waals surface area contributed by atoms with E-state index >= 15 is 0 Å². The van der Waals surface area contributed by atoms with Crippen molar-refractivity contribution in [1.29, 1.82) is 0 Å². The van der Waals surface area contributed by atoms with Crippen molar-refractivity contribution >= 4 is 46.2 Å². The van der Waals surface area contributed by atoms with E-state index in [-0.39, 0.29) is 6.10 Å². The molecule has 1 aliphatic rings. The average Bonchev–Trinajstić information content (AvgIpc) is 3.21. The Balaban J connectivity index is 1.54. The Hall–Kier alpha value is -1.34. The number of nitrogens with zero attached hydrogens (tertiary/aromatic N) is 2. The zero-order valence-corrected chi connectivity index (χ0v) is 15.3. The number of benzene rings is 1. The maximum atomic E-state index is 6.19. The van der Waals surface area contributed by atoms with Gasteiger partial charge < -0.3 is 15.4 Å². The van der Waals surface area contributed by atoms with Gasteiger partial charge in [0.05, 0.1) is 24.5 Å². The lowest BCUT2D eigenvalue weighted by atomic mass is 10.2. The van der Waals surface area contributed by atoms with Crippen molar-refractivity contribution in [1.82, 2.24) is 15.1 Å². The van der Waals surface area contributed by atoms with Crippen LogP contribution in [0.5, 0.6) is 0 Å². The maximum Gasteiger partial charge on any atom is 0.170 e. The van der Waals surface area contributed by atoms with Crippen LogP contribution in [0.4, 0.5) is 5.69 Å². The summed E-state index contributed by atoms with van der Waals surface area (Å²) >= 11 is 17.7. The standard InChI is InChI=1S/C16H18Cl2N4OS/c17-14-4-1-5-15(18)13(14)10-22-9-11(7-20-22)21-16(24)19-8-12-3-2-6-23-12/h1,4-5,7,9,12H,2-3,6,8,10H2,(H2,19,21,24). The third-order valence-electron chi connectivity index (χ3n) is 3.79. The van der Waals surface area contributed by atoms with Gasteiger partial charge in [-0.1, -0.05) is 29.3 Å². The van der Waals surface area contributed by atoms with Gasteiger partial charge in [-0.15, -0.1) is 0 Å². The van der Waals surface area contributed by atoms with Gasteiger partial charge in [0, 0.05) is 35.0 Å². The van der Waals surface area contributed by atoms with E-state index in [2.05, 4.69) is 15.7 Å². The van der Waals surface area contributed by atoms with E-state index in [1.54, 1.807) is 10.9 Å². The fourth-order valence-electron chi connectivity index (χ4n) is 2.55. The van der Waals surface area contributed by atoms with Crippen molar-refractivity contribution in [2.75, 3.05) is 18.5 Å².